The van der Waals surface area contributed by atoms with Gasteiger partial charge in [0, 0.05) is 11.1 Å². The lowest BCUT2D eigenvalue weighted by Crippen LogP contribution is -2.00. The highest BCUT2D eigenvalue weighted by molar-refractivity contribution is 6.02. The van der Waals surface area contributed by atoms with Gasteiger partial charge in [0.15, 0.2) is 17.1 Å². The molecule has 7 nitrogen and oxygen atoms in total. The van der Waals surface area contributed by atoms with Crippen LogP contribution in [0.15, 0.2) is 23.9 Å². The molecule has 0 amide bonds. The molecule has 1 aliphatic carbocycles. The summed E-state index contributed by atoms with van der Waals surface area (Å²) in [6, 6.07) is 10.2. The molecule has 1 aliphatic rings. The lowest BCUT2D eigenvalue weighted by Gasteiger charge is -2.02. The zero-order valence-electron chi connectivity index (χ0n) is 11.9. The van der Waals surface area contributed by atoms with Crippen molar-refractivity contribution in [2.24, 2.45) is 0 Å². The molecule has 0 unspecified atom stereocenters. The van der Waals surface area contributed by atoms with Crippen molar-refractivity contribution in [2.45, 2.75) is 0 Å². The van der Waals surface area contributed by atoms with Gasteiger partial charge in [-0.2, -0.15) is 10.5 Å². The van der Waals surface area contributed by atoms with E-state index in [2.05, 4.69) is 19.7 Å². The van der Waals surface area contributed by atoms with Gasteiger partial charge in [-0.1, -0.05) is 12.1 Å². The van der Waals surface area contributed by atoms with Crippen LogP contribution in [0.5, 0.6) is 0 Å². The van der Waals surface area contributed by atoms with E-state index in [0.717, 1.165) is 0 Å². The Balaban J connectivity index is 2.50. The van der Waals surface area contributed by atoms with E-state index in [9.17, 15) is 5.26 Å². The van der Waals surface area contributed by atoms with Crippen LogP contribution in [-0.4, -0.2) is 9.97 Å². The molecule has 3 rings (SSSR count). The molecule has 0 saturated heterocycles. The Hall–Kier alpha value is -4.51. The molecule has 0 fully saturated rings. The van der Waals surface area contributed by atoms with Crippen molar-refractivity contribution in [3.63, 3.8) is 0 Å². The van der Waals surface area contributed by atoms with Crippen molar-refractivity contribution in [3.8, 4) is 29.5 Å². The largest absolute Gasteiger partial charge is 0.271 e. The van der Waals surface area contributed by atoms with Crippen LogP contribution in [0, 0.1) is 47.1 Å². The zero-order chi connectivity index (χ0) is 17.3. The first-order chi connectivity index (χ1) is 11.7. The second-order valence-corrected chi connectivity index (χ2v) is 4.63. The van der Waals surface area contributed by atoms with Crippen LogP contribution in [-0.2, 0) is 0 Å². The maximum absolute atomic E-state index is 9.24. The number of nitriles is 3. The van der Waals surface area contributed by atoms with Gasteiger partial charge in [0.05, 0.1) is 30.6 Å². The first-order valence-corrected chi connectivity index (χ1v) is 6.45. The van der Waals surface area contributed by atoms with Crippen molar-refractivity contribution in [1.29, 1.82) is 15.8 Å². The molecule has 24 heavy (non-hydrogen) atoms. The third kappa shape index (κ3) is 1.87. The Morgan fingerprint density at radius 2 is 1.62 bits per heavy atom. The van der Waals surface area contributed by atoms with E-state index in [4.69, 9.17) is 23.7 Å². The van der Waals surface area contributed by atoms with E-state index in [1.807, 2.05) is 12.1 Å². The molecule has 1 aromatic heterocycles. The molecule has 0 N–H and O–H groups in total. The molecule has 106 valence electrons. The van der Waals surface area contributed by atoms with Crippen LogP contribution < -0.4 is 0 Å². The Morgan fingerprint density at radius 1 is 0.958 bits per heavy atom. The van der Waals surface area contributed by atoms with E-state index in [1.165, 1.54) is 0 Å². The summed E-state index contributed by atoms with van der Waals surface area (Å²) in [5.74, 6) is 0. The maximum Gasteiger partial charge on any atom is 0.271 e. The number of hydrogen-bond donors (Lipinski definition) is 0. The molecule has 0 atom stereocenters. The highest BCUT2D eigenvalue weighted by Crippen LogP contribution is 2.45. The first kappa shape index (κ1) is 14.4. The summed E-state index contributed by atoms with van der Waals surface area (Å²) in [6.07, 6.45) is 0. The minimum atomic E-state index is -0.208. The zero-order valence-corrected chi connectivity index (χ0v) is 11.9. The Bertz CT molecular complexity index is 1140. The molecule has 0 aliphatic heterocycles. The topological polar surface area (TPSA) is 106 Å². The van der Waals surface area contributed by atoms with Gasteiger partial charge in [-0.15, -0.1) is 0 Å². The fourth-order valence-corrected chi connectivity index (χ4v) is 2.47. The van der Waals surface area contributed by atoms with Gasteiger partial charge in [0.25, 0.3) is 5.70 Å². The standard InChI is InChI=1S/C17H3N7/c1-21-9-3-4-10-11(5-9)15(14(8-20)22-2)17-16(10)23-12(6-18)13(7-19)24-17/h3-5H/b15-14+. The molecule has 2 aromatic rings. The van der Waals surface area contributed by atoms with E-state index >= 15 is 0 Å². The normalized spacial score (nSPS) is 12.5. The Morgan fingerprint density at radius 3 is 2.17 bits per heavy atom. The van der Waals surface area contributed by atoms with Gasteiger partial charge in [-0.25, -0.2) is 24.9 Å². The first-order valence-electron chi connectivity index (χ1n) is 6.45. The summed E-state index contributed by atoms with van der Waals surface area (Å²) in [6.45, 7) is 14.3. The van der Waals surface area contributed by atoms with Crippen LogP contribution in [0.4, 0.5) is 5.69 Å². The monoisotopic (exact) mass is 305 g/mol. The summed E-state index contributed by atoms with van der Waals surface area (Å²) in [5, 5.41) is 27.5. The molecule has 0 radical (unpaired) electrons. The third-order valence-corrected chi connectivity index (χ3v) is 3.46. The minimum absolute atomic E-state index is 0.126. The van der Waals surface area contributed by atoms with Gasteiger partial charge in [0.2, 0.25) is 0 Å². The molecule has 7 heteroatoms. The van der Waals surface area contributed by atoms with Crippen LogP contribution in [0.1, 0.15) is 22.6 Å². The molecule has 0 saturated carbocycles. The number of rotatable bonds is 0. The van der Waals surface area contributed by atoms with Gasteiger partial charge >= 0.3 is 0 Å². The number of allylic oxidation sites excluding steroid dienone is 1. The van der Waals surface area contributed by atoms with Gasteiger partial charge in [-0.3, -0.25) is 0 Å². The fraction of sp³-hybridized carbons (Fsp3) is 0. The van der Waals surface area contributed by atoms with Gasteiger partial charge in [-0.05, 0) is 11.6 Å². The average Bonchev–Trinajstić information content (AvgIpc) is 2.94. The fourth-order valence-electron chi connectivity index (χ4n) is 2.47. The van der Waals surface area contributed by atoms with E-state index in [0.29, 0.717) is 22.5 Å². The number of benzene rings is 1. The number of nitrogens with zero attached hydrogens (tertiary/aromatic N) is 7. The summed E-state index contributed by atoms with van der Waals surface area (Å²) in [5.41, 5.74) is 1.63. The predicted octanol–water partition coefficient (Wildman–Crippen LogP) is 2.95. The summed E-state index contributed by atoms with van der Waals surface area (Å²) >= 11 is 0. The van der Waals surface area contributed by atoms with Crippen LogP contribution in [0.2, 0.25) is 0 Å². The molecular formula is C17H3N7. The van der Waals surface area contributed by atoms with Crippen molar-refractivity contribution >= 4 is 11.3 Å². The maximum atomic E-state index is 9.24. The van der Waals surface area contributed by atoms with Gasteiger partial charge in [0.1, 0.15) is 12.1 Å². The van der Waals surface area contributed by atoms with E-state index in [1.54, 1.807) is 24.3 Å². The SMILES string of the molecule is [C-]#[N+]/C(C#N)=C1\c2cc([N+]#[C-])ccc2-c2nc(C#N)c(C#N)nc21. The molecule has 1 aromatic carbocycles. The van der Waals surface area contributed by atoms with Crippen LogP contribution in [0.25, 0.3) is 26.5 Å². The lowest BCUT2D eigenvalue weighted by atomic mass is 10.0. The Labute approximate surface area is 136 Å². The summed E-state index contributed by atoms with van der Waals surface area (Å²) < 4.78 is 0. The highest BCUT2D eigenvalue weighted by atomic mass is 14.9. The molecule has 0 bridgehead atoms. The van der Waals surface area contributed by atoms with Crippen molar-refractivity contribution in [3.05, 3.63) is 69.4 Å². The highest BCUT2D eigenvalue weighted by Gasteiger charge is 2.31. The average molecular weight is 305 g/mol. The number of hydrogen-bond acceptors (Lipinski definition) is 5. The predicted molar refractivity (Wildman–Crippen MR) is 81.4 cm³/mol. The quantitative estimate of drug-likeness (QED) is 0.469. The number of aromatic nitrogens is 2. The lowest BCUT2D eigenvalue weighted by molar-refractivity contribution is 1.12. The Kier molecular flexibility index (Phi) is 3.22. The molecule has 1 heterocycles. The van der Waals surface area contributed by atoms with Gasteiger partial charge < -0.3 is 0 Å². The van der Waals surface area contributed by atoms with Crippen molar-refractivity contribution in [1.82, 2.24) is 9.97 Å². The van der Waals surface area contributed by atoms with E-state index < -0.39 is 0 Å². The van der Waals surface area contributed by atoms with Crippen LogP contribution in [0.3, 0.4) is 0 Å². The molecular weight excluding hydrogens is 302 g/mol. The van der Waals surface area contributed by atoms with Crippen molar-refractivity contribution < 1.29 is 0 Å². The second kappa shape index (κ2) is 5.36. The number of fused-ring (bicyclic) bond motifs is 3. The minimum Gasteiger partial charge on any atom is -0.238 e. The third-order valence-electron chi connectivity index (χ3n) is 3.46. The summed E-state index contributed by atoms with van der Waals surface area (Å²) in [4.78, 5) is 14.9. The van der Waals surface area contributed by atoms with Crippen molar-refractivity contribution in [2.75, 3.05) is 0 Å². The molecule has 0 spiro atoms. The second-order valence-electron chi connectivity index (χ2n) is 4.63. The van der Waals surface area contributed by atoms with Crippen LogP contribution >= 0.6 is 0 Å². The van der Waals surface area contributed by atoms with E-state index in [-0.39, 0.29) is 28.4 Å². The summed E-state index contributed by atoms with van der Waals surface area (Å²) in [7, 11) is 0. The smallest absolute Gasteiger partial charge is 0.238 e.